The summed E-state index contributed by atoms with van der Waals surface area (Å²) in [6.45, 7) is 0. The van der Waals surface area contributed by atoms with Crippen molar-refractivity contribution >= 4 is 53.7 Å². The van der Waals surface area contributed by atoms with Crippen LogP contribution >= 0.6 is 43.4 Å². The Morgan fingerprint density at radius 3 is 3.00 bits per heavy atom. The molecular weight excluding hydrogens is 294 g/mol. The average molecular weight is 295 g/mol. The molecule has 0 radical (unpaired) electrons. The highest BCUT2D eigenvalue weighted by molar-refractivity contribution is 9.13. The van der Waals surface area contributed by atoms with Crippen molar-refractivity contribution in [1.29, 1.82) is 0 Å². The summed E-state index contributed by atoms with van der Waals surface area (Å²) in [5.41, 5.74) is 0.685. The number of halogens is 2. The molecular formula is C5HBr2N3S. The molecule has 0 amide bonds. The fraction of sp³-hybridized carbons (Fsp3) is 0. The summed E-state index contributed by atoms with van der Waals surface area (Å²) in [6, 6.07) is 1.94. The summed E-state index contributed by atoms with van der Waals surface area (Å²) < 4.78 is 6.45. The van der Waals surface area contributed by atoms with E-state index in [1.807, 2.05) is 6.07 Å². The molecule has 0 saturated carbocycles. The lowest BCUT2D eigenvalue weighted by atomic mass is 10.5. The first-order valence-corrected chi connectivity index (χ1v) is 5.07. The zero-order chi connectivity index (χ0) is 7.84. The van der Waals surface area contributed by atoms with Crippen molar-refractivity contribution in [3.63, 3.8) is 0 Å². The molecule has 3 nitrogen and oxygen atoms in total. The van der Waals surface area contributed by atoms with E-state index in [0.717, 1.165) is 13.8 Å². The maximum atomic E-state index is 4.14. The molecule has 11 heavy (non-hydrogen) atoms. The number of fused-ring (bicyclic) bond motifs is 1. The van der Waals surface area contributed by atoms with E-state index in [1.54, 1.807) is 0 Å². The van der Waals surface area contributed by atoms with Crippen molar-refractivity contribution in [2.75, 3.05) is 0 Å². The molecule has 0 bridgehead atoms. The molecule has 56 valence electrons. The molecule has 0 atom stereocenters. The topological polar surface area (TPSA) is 38.7 Å². The maximum absolute atomic E-state index is 4.14. The van der Waals surface area contributed by atoms with Crippen LogP contribution in [0.25, 0.3) is 10.3 Å². The van der Waals surface area contributed by atoms with E-state index in [0.29, 0.717) is 5.65 Å². The molecule has 2 aromatic rings. The molecule has 0 aliphatic rings. The third kappa shape index (κ3) is 1.30. The van der Waals surface area contributed by atoms with Crippen LogP contribution in [0.3, 0.4) is 0 Å². The highest BCUT2D eigenvalue weighted by Gasteiger charge is 2.03. The van der Waals surface area contributed by atoms with Gasteiger partial charge in [0.15, 0.2) is 5.65 Å². The van der Waals surface area contributed by atoms with Crippen LogP contribution < -0.4 is 0 Å². The Kier molecular flexibility index (Phi) is 1.90. The number of rotatable bonds is 0. The predicted octanol–water partition coefficient (Wildman–Crippen LogP) is 2.61. The van der Waals surface area contributed by atoms with Crippen LogP contribution in [0, 0.1) is 0 Å². The molecule has 2 aromatic heterocycles. The summed E-state index contributed by atoms with van der Waals surface area (Å²) in [5.74, 6) is 0. The van der Waals surface area contributed by atoms with Crippen LogP contribution in [0.4, 0.5) is 0 Å². The lowest BCUT2D eigenvalue weighted by Gasteiger charge is -1.91. The quantitative estimate of drug-likeness (QED) is 0.701. The molecule has 2 rings (SSSR count). The van der Waals surface area contributed by atoms with Crippen LogP contribution in [0.1, 0.15) is 0 Å². The largest absolute Gasteiger partial charge is 0.217 e. The number of pyridine rings is 1. The Morgan fingerprint density at radius 1 is 1.36 bits per heavy atom. The Balaban J connectivity index is 2.86. The number of nitrogens with zero attached hydrogens (tertiary/aromatic N) is 3. The first-order chi connectivity index (χ1) is 5.27. The molecule has 0 fully saturated rings. The van der Waals surface area contributed by atoms with Gasteiger partial charge in [-0.25, -0.2) is 4.98 Å². The van der Waals surface area contributed by atoms with E-state index in [1.165, 1.54) is 11.5 Å². The van der Waals surface area contributed by atoms with Gasteiger partial charge in [0.25, 0.3) is 0 Å². The van der Waals surface area contributed by atoms with E-state index in [-0.39, 0.29) is 0 Å². The Labute approximate surface area is 83.3 Å². The molecule has 0 saturated heterocycles. The Morgan fingerprint density at radius 2 is 2.18 bits per heavy atom. The minimum Gasteiger partial charge on any atom is -0.217 e. The van der Waals surface area contributed by atoms with Gasteiger partial charge >= 0.3 is 0 Å². The normalized spacial score (nSPS) is 10.7. The maximum Gasteiger partial charge on any atom is 0.195 e. The summed E-state index contributed by atoms with van der Waals surface area (Å²) in [6.07, 6.45) is 0. The van der Waals surface area contributed by atoms with Gasteiger partial charge in [-0.1, -0.05) is 4.49 Å². The third-order valence-corrected chi connectivity index (χ3v) is 3.56. The fourth-order valence-electron chi connectivity index (χ4n) is 0.683. The SMILES string of the molecule is Brc1cc2snnc2nc1Br. The molecule has 6 heteroatoms. The van der Waals surface area contributed by atoms with Crippen molar-refractivity contribution < 1.29 is 0 Å². The average Bonchev–Trinajstić information content (AvgIpc) is 2.36. The lowest BCUT2D eigenvalue weighted by Crippen LogP contribution is -1.78. The minimum absolute atomic E-state index is 0.685. The highest BCUT2D eigenvalue weighted by atomic mass is 79.9. The van der Waals surface area contributed by atoms with Gasteiger partial charge in [-0.3, -0.25) is 0 Å². The molecule has 0 unspecified atom stereocenters. The fourth-order valence-corrected chi connectivity index (χ4v) is 1.98. The second kappa shape index (κ2) is 2.76. The highest BCUT2D eigenvalue weighted by Crippen LogP contribution is 2.25. The zero-order valence-corrected chi connectivity index (χ0v) is 9.07. The molecule has 0 aromatic carbocycles. The molecule has 0 aliphatic heterocycles. The standard InChI is InChI=1S/C5HBr2N3S/c6-2-1-3-5(8-4(2)7)9-10-11-3/h1H. The monoisotopic (exact) mass is 293 g/mol. The van der Waals surface area contributed by atoms with E-state index in [2.05, 4.69) is 46.4 Å². The molecule has 0 spiro atoms. The van der Waals surface area contributed by atoms with Gasteiger partial charge in [0.05, 0.1) is 9.17 Å². The summed E-state index contributed by atoms with van der Waals surface area (Å²) in [4.78, 5) is 4.14. The van der Waals surface area contributed by atoms with Crippen molar-refractivity contribution in [3.05, 3.63) is 15.1 Å². The van der Waals surface area contributed by atoms with Gasteiger partial charge in [0.1, 0.15) is 4.60 Å². The Bertz CT molecular complexity index is 364. The van der Waals surface area contributed by atoms with Crippen LogP contribution in [-0.2, 0) is 0 Å². The number of aromatic nitrogens is 3. The first-order valence-electron chi connectivity index (χ1n) is 2.71. The zero-order valence-electron chi connectivity index (χ0n) is 5.08. The summed E-state index contributed by atoms with van der Waals surface area (Å²) >= 11 is 7.96. The van der Waals surface area contributed by atoms with Crippen LogP contribution in [-0.4, -0.2) is 14.6 Å². The Hall–Kier alpha value is -0.0700. The van der Waals surface area contributed by atoms with Crippen molar-refractivity contribution in [1.82, 2.24) is 14.6 Å². The summed E-state index contributed by atoms with van der Waals surface area (Å²) in [7, 11) is 0. The van der Waals surface area contributed by atoms with E-state index in [4.69, 9.17) is 0 Å². The van der Waals surface area contributed by atoms with E-state index in [9.17, 15) is 0 Å². The van der Waals surface area contributed by atoms with Gasteiger partial charge in [0, 0.05) is 0 Å². The van der Waals surface area contributed by atoms with Gasteiger partial charge in [-0.2, -0.15) is 0 Å². The van der Waals surface area contributed by atoms with Crippen LogP contribution in [0.15, 0.2) is 15.1 Å². The molecule has 0 aliphatic carbocycles. The smallest absolute Gasteiger partial charge is 0.195 e. The van der Waals surface area contributed by atoms with Gasteiger partial charge in [0.2, 0.25) is 0 Å². The van der Waals surface area contributed by atoms with E-state index < -0.39 is 0 Å². The number of hydrogen-bond acceptors (Lipinski definition) is 4. The third-order valence-electron chi connectivity index (χ3n) is 1.15. The van der Waals surface area contributed by atoms with E-state index >= 15 is 0 Å². The predicted molar refractivity (Wildman–Crippen MR) is 50.6 cm³/mol. The lowest BCUT2D eigenvalue weighted by molar-refractivity contribution is 1.15. The van der Waals surface area contributed by atoms with Gasteiger partial charge in [-0.15, -0.1) is 5.10 Å². The second-order valence-corrected chi connectivity index (χ2v) is 4.25. The van der Waals surface area contributed by atoms with Crippen LogP contribution in [0.5, 0.6) is 0 Å². The van der Waals surface area contributed by atoms with Crippen molar-refractivity contribution in [2.45, 2.75) is 0 Å². The van der Waals surface area contributed by atoms with Crippen molar-refractivity contribution in [3.8, 4) is 0 Å². The molecule has 2 heterocycles. The first kappa shape index (κ1) is 7.57. The number of hydrogen-bond donors (Lipinski definition) is 0. The summed E-state index contributed by atoms with van der Waals surface area (Å²) in [5, 5.41) is 3.83. The van der Waals surface area contributed by atoms with Crippen LogP contribution in [0.2, 0.25) is 0 Å². The van der Waals surface area contributed by atoms with Gasteiger partial charge in [-0.05, 0) is 49.5 Å². The van der Waals surface area contributed by atoms with Gasteiger partial charge < -0.3 is 0 Å². The minimum atomic E-state index is 0.685. The molecule has 0 N–H and O–H groups in total. The second-order valence-electron chi connectivity index (χ2n) is 1.86. The van der Waals surface area contributed by atoms with Crippen molar-refractivity contribution in [2.24, 2.45) is 0 Å².